The Labute approximate surface area is 105 Å². The lowest BCUT2D eigenvalue weighted by Crippen LogP contribution is -1.95. The third-order valence-corrected chi connectivity index (χ3v) is 1.63. The highest BCUT2D eigenvalue weighted by Gasteiger charge is 2.05. The lowest BCUT2D eigenvalue weighted by molar-refractivity contribution is 0.0693. The summed E-state index contributed by atoms with van der Waals surface area (Å²) in [6.07, 6.45) is 0.806. The van der Waals surface area contributed by atoms with Gasteiger partial charge in [-0.1, -0.05) is 38.8 Å². The van der Waals surface area contributed by atoms with Crippen molar-refractivity contribution in [2.75, 3.05) is 0 Å². The molecule has 1 aromatic carbocycles. The van der Waals surface area contributed by atoms with Gasteiger partial charge < -0.3 is 20.4 Å². The van der Waals surface area contributed by atoms with Gasteiger partial charge in [-0.15, -0.1) is 0 Å². The van der Waals surface area contributed by atoms with E-state index < -0.39 is 12.1 Å². The molecule has 0 spiro atoms. The molecule has 6 nitrogen and oxygen atoms in total. The molecule has 0 aliphatic heterocycles. The SMILES string of the molecule is CCCC.O=C(O)O.O=C(O)c1ccccc1O. The van der Waals surface area contributed by atoms with Gasteiger partial charge in [0.05, 0.1) is 0 Å². The van der Waals surface area contributed by atoms with Gasteiger partial charge in [0.25, 0.3) is 0 Å². The zero-order valence-electron chi connectivity index (χ0n) is 10.3. The molecule has 4 N–H and O–H groups in total. The summed E-state index contributed by atoms with van der Waals surface area (Å²) < 4.78 is 0. The summed E-state index contributed by atoms with van der Waals surface area (Å²) in [5.74, 6) is -1.31. The maximum Gasteiger partial charge on any atom is 0.503 e. The molecule has 0 aromatic heterocycles. The lowest BCUT2D eigenvalue weighted by atomic mass is 10.2. The minimum absolute atomic E-state index is 0.0671. The number of hydrogen-bond acceptors (Lipinski definition) is 3. The maximum absolute atomic E-state index is 10.3. The van der Waals surface area contributed by atoms with Crippen LogP contribution in [0.4, 0.5) is 4.79 Å². The number of hydrogen-bond donors (Lipinski definition) is 4. The van der Waals surface area contributed by atoms with Gasteiger partial charge in [-0.2, -0.15) is 0 Å². The second-order valence-electron chi connectivity index (χ2n) is 3.10. The molecule has 0 amide bonds. The largest absolute Gasteiger partial charge is 0.507 e. The van der Waals surface area contributed by atoms with Gasteiger partial charge in [0, 0.05) is 0 Å². The van der Waals surface area contributed by atoms with E-state index in [1.807, 2.05) is 0 Å². The second kappa shape index (κ2) is 11.3. The molecule has 0 bridgehead atoms. The predicted octanol–water partition coefficient (Wildman–Crippen LogP) is 3.12. The van der Waals surface area contributed by atoms with E-state index >= 15 is 0 Å². The van der Waals surface area contributed by atoms with Crippen molar-refractivity contribution in [3.63, 3.8) is 0 Å². The lowest BCUT2D eigenvalue weighted by Gasteiger charge is -1.95. The number of aromatic carboxylic acids is 1. The molecule has 0 atom stereocenters. The average molecular weight is 258 g/mol. The fourth-order valence-corrected chi connectivity index (χ4v) is 0.654. The Morgan fingerprint density at radius 3 is 1.61 bits per heavy atom. The van der Waals surface area contributed by atoms with Crippen LogP contribution in [0.15, 0.2) is 24.3 Å². The first kappa shape index (κ1) is 18.1. The highest BCUT2D eigenvalue weighted by Crippen LogP contribution is 2.14. The molecule has 0 heterocycles. The summed E-state index contributed by atoms with van der Waals surface area (Å²) in [6.45, 7) is 4.36. The Balaban J connectivity index is 0. The van der Waals surface area contributed by atoms with Crippen molar-refractivity contribution in [3.05, 3.63) is 29.8 Å². The van der Waals surface area contributed by atoms with Crippen LogP contribution in [0.3, 0.4) is 0 Å². The van der Waals surface area contributed by atoms with Crippen molar-refractivity contribution >= 4 is 12.1 Å². The van der Waals surface area contributed by atoms with Crippen LogP contribution in [0.5, 0.6) is 5.75 Å². The van der Waals surface area contributed by atoms with Gasteiger partial charge in [-0.3, -0.25) is 0 Å². The van der Waals surface area contributed by atoms with E-state index in [0.717, 1.165) is 0 Å². The molecule has 0 radical (unpaired) electrons. The fourth-order valence-electron chi connectivity index (χ4n) is 0.654. The number of phenols is 1. The highest BCUT2D eigenvalue weighted by atomic mass is 16.6. The first-order chi connectivity index (χ1) is 8.36. The molecule has 1 rings (SSSR count). The number of rotatable bonds is 2. The summed E-state index contributed by atoms with van der Waals surface area (Å²) >= 11 is 0. The van der Waals surface area contributed by atoms with Crippen LogP contribution in [0, 0.1) is 0 Å². The predicted molar refractivity (Wildman–Crippen MR) is 66.3 cm³/mol. The topological polar surface area (TPSA) is 115 Å². The van der Waals surface area contributed by atoms with E-state index in [-0.39, 0.29) is 11.3 Å². The molecule has 0 fully saturated rings. The van der Waals surface area contributed by atoms with Crippen molar-refractivity contribution in [2.24, 2.45) is 0 Å². The van der Waals surface area contributed by atoms with Crippen molar-refractivity contribution in [2.45, 2.75) is 26.7 Å². The van der Waals surface area contributed by atoms with Crippen molar-refractivity contribution in [1.82, 2.24) is 0 Å². The van der Waals surface area contributed by atoms with Crippen LogP contribution in [-0.2, 0) is 0 Å². The van der Waals surface area contributed by atoms with E-state index in [1.165, 1.54) is 25.0 Å². The average Bonchev–Trinajstić information content (AvgIpc) is 2.29. The van der Waals surface area contributed by atoms with Crippen molar-refractivity contribution < 1.29 is 30.0 Å². The fraction of sp³-hybridized carbons (Fsp3) is 0.333. The minimum atomic E-state index is -1.83. The van der Waals surface area contributed by atoms with E-state index in [4.69, 9.17) is 25.2 Å². The number of unbranched alkanes of at least 4 members (excludes halogenated alkanes) is 1. The Morgan fingerprint density at radius 2 is 1.39 bits per heavy atom. The summed E-state index contributed by atoms with van der Waals surface area (Å²) in [5.41, 5.74) is -0.0671. The molecule has 1 aromatic rings. The number of benzene rings is 1. The highest BCUT2D eigenvalue weighted by molar-refractivity contribution is 5.90. The second-order valence-corrected chi connectivity index (χ2v) is 3.10. The van der Waals surface area contributed by atoms with E-state index in [0.29, 0.717) is 0 Å². The number of carboxylic acids is 1. The number of carboxylic acid groups (broad SMARTS) is 3. The van der Waals surface area contributed by atoms with E-state index in [2.05, 4.69) is 13.8 Å². The third-order valence-electron chi connectivity index (χ3n) is 1.63. The standard InChI is InChI=1S/C7H6O3.C4H10.CH2O3/c8-6-4-2-1-3-5(6)7(9)10;1-3-4-2;2-1(3)4/h1-4,8H,(H,9,10);3-4H2,1-2H3;(H2,2,3,4). The molecule has 18 heavy (non-hydrogen) atoms. The summed E-state index contributed by atoms with van der Waals surface area (Å²) in [7, 11) is 0. The van der Waals surface area contributed by atoms with Crippen LogP contribution in [0.2, 0.25) is 0 Å². The Morgan fingerprint density at radius 1 is 1.00 bits per heavy atom. The van der Waals surface area contributed by atoms with Gasteiger partial charge >= 0.3 is 12.1 Å². The molecule has 6 heteroatoms. The summed E-state index contributed by atoms with van der Waals surface area (Å²) in [6, 6.07) is 5.81. The molecule has 0 saturated carbocycles. The molecule has 0 unspecified atom stereocenters. The molecular formula is C12H18O6. The minimum Gasteiger partial charge on any atom is -0.507 e. The zero-order chi connectivity index (χ0) is 14.6. The molecule has 0 aliphatic rings. The smallest absolute Gasteiger partial charge is 0.503 e. The normalized spacial score (nSPS) is 8.11. The quantitative estimate of drug-likeness (QED) is 0.647. The van der Waals surface area contributed by atoms with Crippen molar-refractivity contribution in [3.8, 4) is 5.75 Å². The van der Waals surface area contributed by atoms with Crippen LogP contribution >= 0.6 is 0 Å². The monoisotopic (exact) mass is 258 g/mol. The van der Waals surface area contributed by atoms with Gasteiger partial charge in [-0.05, 0) is 12.1 Å². The Kier molecular flexibility index (Phi) is 11.3. The molecule has 0 saturated heterocycles. The Hall–Kier alpha value is -2.24. The first-order valence-corrected chi connectivity index (χ1v) is 5.29. The zero-order valence-corrected chi connectivity index (χ0v) is 10.3. The van der Waals surface area contributed by atoms with E-state index in [9.17, 15) is 4.79 Å². The third kappa shape index (κ3) is 11.8. The Bertz CT molecular complexity index is 355. The molecular weight excluding hydrogens is 240 g/mol. The first-order valence-electron chi connectivity index (χ1n) is 5.29. The van der Waals surface area contributed by atoms with Gasteiger partial charge in [0.1, 0.15) is 11.3 Å². The molecule has 102 valence electrons. The number of aromatic hydroxyl groups is 1. The molecule has 0 aliphatic carbocycles. The van der Waals surface area contributed by atoms with Gasteiger partial charge in [0.2, 0.25) is 0 Å². The summed E-state index contributed by atoms with van der Waals surface area (Å²) in [5, 5.41) is 31.3. The van der Waals surface area contributed by atoms with Crippen LogP contribution < -0.4 is 0 Å². The number of carbonyl (C=O) groups is 2. The van der Waals surface area contributed by atoms with Crippen molar-refractivity contribution in [1.29, 1.82) is 0 Å². The summed E-state index contributed by atoms with van der Waals surface area (Å²) in [4.78, 5) is 18.8. The van der Waals surface area contributed by atoms with Gasteiger partial charge in [-0.25, -0.2) is 9.59 Å². The van der Waals surface area contributed by atoms with E-state index in [1.54, 1.807) is 12.1 Å². The number of para-hydroxylation sites is 1. The maximum atomic E-state index is 10.3. The van der Waals surface area contributed by atoms with Gasteiger partial charge in [0.15, 0.2) is 0 Å². The van der Waals surface area contributed by atoms with Crippen LogP contribution in [0.1, 0.15) is 37.0 Å². The van der Waals surface area contributed by atoms with Crippen LogP contribution in [-0.4, -0.2) is 32.6 Å². The van der Waals surface area contributed by atoms with Crippen LogP contribution in [0.25, 0.3) is 0 Å².